The Labute approximate surface area is 211 Å². The molecule has 4 rings (SSSR count). The molecule has 1 aromatic rings. The van der Waals surface area contributed by atoms with Gasteiger partial charge in [-0.2, -0.15) is 0 Å². The molecular weight excluding hydrogens is 464 g/mol. The summed E-state index contributed by atoms with van der Waals surface area (Å²) in [6, 6.07) is 5.21. The fourth-order valence-corrected chi connectivity index (χ4v) is 8.71. The van der Waals surface area contributed by atoms with Crippen LogP contribution >= 0.6 is 11.8 Å². The van der Waals surface area contributed by atoms with Gasteiger partial charge in [0.25, 0.3) is 5.91 Å². The number of para-hydroxylation sites is 1. The molecule has 3 saturated heterocycles. The van der Waals surface area contributed by atoms with Gasteiger partial charge in [0, 0.05) is 30.6 Å². The number of anilines is 1. The predicted molar refractivity (Wildman–Crippen MR) is 137 cm³/mol. The molecule has 8 heteroatoms. The molecule has 3 aliphatic heterocycles. The third kappa shape index (κ3) is 4.29. The molecule has 2 bridgehead atoms. The summed E-state index contributed by atoms with van der Waals surface area (Å²) in [5.74, 6) is -2.68. The number of aryl methyl sites for hydroxylation is 2. The zero-order valence-electron chi connectivity index (χ0n) is 20.6. The summed E-state index contributed by atoms with van der Waals surface area (Å²) >= 11 is 1.57. The number of carboxylic acids is 1. The van der Waals surface area contributed by atoms with Gasteiger partial charge in [0.15, 0.2) is 0 Å². The minimum Gasteiger partial charge on any atom is -0.481 e. The van der Waals surface area contributed by atoms with Gasteiger partial charge in [-0.05, 0) is 50.7 Å². The van der Waals surface area contributed by atoms with E-state index >= 15 is 0 Å². The van der Waals surface area contributed by atoms with Crippen LogP contribution < -0.4 is 4.90 Å². The molecule has 7 nitrogen and oxygen atoms in total. The Kier molecular flexibility index (Phi) is 7.62. The molecule has 2 amide bonds. The van der Waals surface area contributed by atoms with Crippen molar-refractivity contribution in [3.8, 4) is 0 Å². The Morgan fingerprint density at radius 3 is 2.54 bits per heavy atom. The van der Waals surface area contributed by atoms with Crippen molar-refractivity contribution in [2.75, 3.05) is 24.6 Å². The topological polar surface area (TPSA) is 98.2 Å². The molecule has 1 aromatic carbocycles. The van der Waals surface area contributed by atoms with Crippen molar-refractivity contribution in [3.63, 3.8) is 0 Å². The summed E-state index contributed by atoms with van der Waals surface area (Å²) in [4.78, 5) is 43.9. The molecule has 5 atom stereocenters. The lowest BCUT2D eigenvalue weighted by Gasteiger charge is -2.38. The lowest BCUT2D eigenvalue weighted by Crippen LogP contribution is -2.55. The number of likely N-dealkylation sites (tertiary alicyclic amines) is 1. The number of carbonyl (C=O) groups is 3. The van der Waals surface area contributed by atoms with Gasteiger partial charge >= 0.3 is 5.97 Å². The van der Waals surface area contributed by atoms with Crippen molar-refractivity contribution in [1.82, 2.24) is 4.90 Å². The highest BCUT2D eigenvalue weighted by atomic mass is 32.2. The maximum absolute atomic E-state index is 14.4. The van der Waals surface area contributed by atoms with Crippen molar-refractivity contribution in [1.29, 1.82) is 0 Å². The Balaban J connectivity index is 1.73. The number of fused-ring (bicyclic) bond motifs is 1. The number of aliphatic hydroxyl groups excluding tert-OH is 1. The number of rotatable bonds is 11. The molecule has 190 valence electrons. The van der Waals surface area contributed by atoms with Crippen molar-refractivity contribution >= 4 is 35.2 Å². The van der Waals surface area contributed by atoms with E-state index in [1.54, 1.807) is 27.6 Å². The van der Waals surface area contributed by atoms with E-state index < -0.39 is 28.6 Å². The van der Waals surface area contributed by atoms with E-state index in [1.807, 2.05) is 32.0 Å². The van der Waals surface area contributed by atoms with Gasteiger partial charge in [0.2, 0.25) is 5.91 Å². The van der Waals surface area contributed by atoms with Crippen molar-refractivity contribution in [2.45, 2.75) is 68.4 Å². The predicted octanol–water partition coefficient (Wildman–Crippen LogP) is 3.55. The molecule has 0 aliphatic carbocycles. The lowest BCUT2D eigenvalue weighted by atomic mass is 9.71. The number of aliphatic carboxylic acids is 1. The van der Waals surface area contributed by atoms with Crippen LogP contribution in [0.15, 0.2) is 30.9 Å². The van der Waals surface area contributed by atoms with Gasteiger partial charge in [-0.1, -0.05) is 37.1 Å². The standard InChI is InChI=1S/C27H36N2O5S/c1-4-14-28(22-17(2)10-9-11-18(22)3)25(32)23-27-13-12-19(35-27)20(26(33)34)21(27)24(31)29(23)15-7-5-6-8-16-30/h4,9-11,19-21,23,30H,1,5-8,12-16H2,2-3H3,(H,33,34)/t19-,20+,21+,23?,27?/m1/s1. The SMILES string of the molecule is C=CCN(C(=O)C1N(CCCCCCO)C(=O)[C@@H]2[C@@H](C(=O)O)[C@H]3CCC12S3)c1c(C)cccc1C. The van der Waals surface area contributed by atoms with Crippen LogP contribution in [0.2, 0.25) is 0 Å². The fraction of sp³-hybridized carbons (Fsp3) is 0.593. The normalized spacial score (nSPS) is 28.9. The maximum Gasteiger partial charge on any atom is 0.308 e. The lowest BCUT2D eigenvalue weighted by molar-refractivity contribution is -0.148. The van der Waals surface area contributed by atoms with Crippen LogP contribution in [0.25, 0.3) is 0 Å². The first-order chi connectivity index (χ1) is 16.8. The number of benzene rings is 1. The first kappa shape index (κ1) is 25.8. The summed E-state index contributed by atoms with van der Waals surface area (Å²) < 4.78 is -0.705. The van der Waals surface area contributed by atoms with E-state index in [1.165, 1.54) is 0 Å². The van der Waals surface area contributed by atoms with E-state index in [9.17, 15) is 19.5 Å². The van der Waals surface area contributed by atoms with Crippen molar-refractivity contribution < 1.29 is 24.6 Å². The largest absolute Gasteiger partial charge is 0.481 e. The zero-order valence-corrected chi connectivity index (χ0v) is 21.4. The quantitative estimate of drug-likeness (QED) is 0.356. The molecule has 2 unspecified atom stereocenters. The maximum atomic E-state index is 14.4. The van der Waals surface area contributed by atoms with E-state index in [4.69, 9.17) is 5.11 Å². The molecule has 3 aliphatic rings. The molecule has 3 heterocycles. The first-order valence-electron chi connectivity index (χ1n) is 12.6. The summed E-state index contributed by atoms with van der Waals surface area (Å²) in [6.45, 7) is 8.70. The molecule has 3 fully saturated rings. The number of amides is 2. The number of nitrogens with zero attached hydrogens (tertiary/aromatic N) is 2. The second-order valence-electron chi connectivity index (χ2n) is 10.0. The molecule has 2 N–H and O–H groups in total. The summed E-state index contributed by atoms with van der Waals surface area (Å²) in [6.07, 6.45) is 6.21. The van der Waals surface area contributed by atoms with Gasteiger partial charge in [0.05, 0.1) is 16.6 Å². The number of carbonyl (C=O) groups excluding carboxylic acids is 2. The number of hydrogen-bond acceptors (Lipinski definition) is 5. The average Bonchev–Trinajstić information content (AvgIpc) is 3.45. The van der Waals surface area contributed by atoms with Gasteiger partial charge in [0.1, 0.15) is 6.04 Å². The molecule has 35 heavy (non-hydrogen) atoms. The van der Waals surface area contributed by atoms with E-state index in [0.29, 0.717) is 32.4 Å². The Hall–Kier alpha value is -2.32. The summed E-state index contributed by atoms with van der Waals surface area (Å²) in [5.41, 5.74) is 2.78. The third-order valence-corrected chi connectivity index (χ3v) is 9.87. The van der Waals surface area contributed by atoms with E-state index in [2.05, 4.69) is 6.58 Å². The average molecular weight is 501 g/mol. The Morgan fingerprint density at radius 1 is 1.23 bits per heavy atom. The number of thioether (sulfide) groups is 1. The van der Waals surface area contributed by atoms with Crippen LogP contribution in [0.4, 0.5) is 5.69 Å². The third-order valence-electron chi connectivity index (χ3n) is 7.91. The minimum absolute atomic E-state index is 0.128. The van der Waals surface area contributed by atoms with Crippen LogP contribution in [0, 0.1) is 25.7 Å². The summed E-state index contributed by atoms with van der Waals surface area (Å²) in [7, 11) is 0. The molecular formula is C27H36N2O5S. The monoisotopic (exact) mass is 500 g/mol. The van der Waals surface area contributed by atoms with Crippen LogP contribution in [-0.2, 0) is 14.4 Å². The van der Waals surface area contributed by atoms with E-state index in [-0.39, 0.29) is 23.7 Å². The van der Waals surface area contributed by atoms with Crippen LogP contribution in [0.1, 0.15) is 49.7 Å². The zero-order chi connectivity index (χ0) is 25.3. The van der Waals surface area contributed by atoms with Gasteiger partial charge < -0.3 is 20.0 Å². The Bertz CT molecular complexity index is 993. The number of aliphatic hydroxyl groups is 1. The number of carboxylic acid groups (broad SMARTS) is 1. The highest BCUT2D eigenvalue weighted by Crippen LogP contribution is 2.66. The van der Waals surface area contributed by atoms with Gasteiger partial charge in [-0.15, -0.1) is 18.3 Å². The molecule has 0 saturated carbocycles. The second-order valence-corrected chi connectivity index (χ2v) is 11.6. The first-order valence-corrected chi connectivity index (χ1v) is 13.5. The van der Waals surface area contributed by atoms with Crippen molar-refractivity contribution in [2.24, 2.45) is 11.8 Å². The minimum atomic E-state index is -0.934. The van der Waals surface area contributed by atoms with E-state index in [0.717, 1.165) is 36.1 Å². The van der Waals surface area contributed by atoms with Crippen LogP contribution in [0.5, 0.6) is 0 Å². The number of hydrogen-bond donors (Lipinski definition) is 2. The van der Waals surface area contributed by atoms with Crippen molar-refractivity contribution in [3.05, 3.63) is 42.0 Å². The Morgan fingerprint density at radius 2 is 1.91 bits per heavy atom. The van der Waals surface area contributed by atoms with Gasteiger partial charge in [-0.25, -0.2) is 0 Å². The highest BCUT2D eigenvalue weighted by molar-refractivity contribution is 8.02. The second kappa shape index (κ2) is 10.3. The number of unbranched alkanes of at least 4 members (excludes halogenated alkanes) is 3. The molecule has 1 spiro atoms. The van der Waals surface area contributed by atoms with Gasteiger partial charge in [-0.3, -0.25) is 14.4 Å². The molecule has 0 radical (unpaired) electrons. The molecule has 0 aromatic heterocycles. The van der Waals surface area contributed by atoms with Crippen LogP contribution in [-0.4, -0.2) is 68.6 Å². The highest BCUT2D eigenvalue weighted by Gasteiger charge is 2.74. The van der Waals surface area contributed by atoms with Crippen LogP contribution in [0.3, 0.4) is 0 Å². The smallest absolute Gasteiger partial charge is 0.308 e. The fourth-order valence-electron chi connectivity index (χ4n) is 6.50. The summed E-state index contributed by atoms with van der Waals surface area (Å²) in [5, 5.41) is 19.0.